The van der Waals surface area contributed by atoms with Crippen molar-refractivity contribution in [2.45, 2.75) is 32.1 Å². The third kappa shape index (κ3) is 2.14. The molecule has 0 radical (unpaired) electrons. The van der Waals surface area contributed by atoms with Crippen LogP contribution in [0, 0.1) is 6.92 Å². The lowest BCUT2D eigenvalue weighted by atomic mass is 9.85. The summed E-state index contributed by atoms with van der Waals surface area (Å²) in [6.45, 7) is 1.95. The Kier molecular flexibility index (Phi) is 2.85. The molecule has 0 saturated heterocycles. The van der Waals surface area contributed by atoms with Crippen LogP contribution in [0.2, 0.25) is 0 Å². The van der Waals surface area contributed by atoms with Crippen LogP contribution < -0.4 is 5.56 Å². The van der Waals surface area contributed by atoms with Gasteiger partial charge in [-0.15, -0.1) is 0 Å². The van der Waals surface area contributed by atoms with Gasteiger partial charge in [0, 0.05) is 5.92 Å². The Morgan fingerprint density at radius 2 is 2.16 bits per heavy atom. The van der Waals surface area contributed by atoms with Gasteiger partial charge in [0.2, 0.25) is 5.88 Å². The number of aryl methyl sites for hydroxylation is 1. The molecule has 4 heteroatoms. The Bertz CT molecular complexity index is 672. The number of nitrogens with zero attached hydrogens (tertiary/aromatic N) is 1. The minimum absolute atomic E-state index is 0.170. The third-order valence-corrected chi connectivity index (χ3v) is 3.72. The molecule has 0 atom stereocenters. The topological polar surface area (TPSA) is 66.0 Å². The van der Waals surface area contributed by atoms with Crippen LogP contribution in [0.15, 0.2) is 29.1 Å². The molecule has 0 spiro atoms. The average molecular weight is 256 g/mol. The zero-order valence-electron chi connectivity index (χ0n) is 10.8. The minimum Gasteiger partial charge on any atom is -0.493 e. The fourth-order valence-electron chi connectivity index (χ4n) is 2.41. The summed E-state index contributed by atoms with van der Waals surface area (Å²) in [6, 6.07) is 7.49. The standard InChI is InChI=1S/C15H16N2O2/c1-9-4-2-7-11(8-9)12-14(18)16-13(17-15(12)19)10-5-3-6-10/h2,4,7-8,10H,3,5-6H2,1H3,(H2,16,17,18,19). The predicted molar refractivity (Wildman–Crippen MR) is 73.3 cm³/mol. The second-order valence-corrected chi connectivity index (χ2v) is 5.15. The summed E-state index contributed by atoms with van der Waals surface area (Å²) in [5, 5.41) is 10.1. The molecule has 4 nitrogen and oxygen atoms in total. The van der Waals surface area contributed by atoms with Gasteiger partial charge in [0.05, 0.1) is 0 Å². The molecular weight excluding hydrogens is 240 g/mol. The van der Waals surface area contributed by atoms with Crippen LogP contribution in [0.4, 0.5) is 0 Å². The molecule has 19 heavy (non-hydrogen) atoms. The van der Waals surface area contributed by atoms with E-state index in [2.05, 4.69) is 9.97 Å². The molecule has 0 bridgehead atoms. The van der Waals surface area contributed by atoms with E-state index in [9.17, 15) is 9.90 Å². The molecule has 2 aromatic rings. The zero-order chi connectivity index (χ0) is 13.4. The minimum atomic E-state index is -0.264. The number of benzene rings is 1. The van der Waals surface area contributed by atoms with E-state index in [0.29, 0.717) is 17.3 Å². The number of H-pyrrole nitrogens is 1. The first-order chi connectivity index (χ1) is 9.15. The molecular formula is C15H16N2O2. The van der Waals surface area contributed by atoms with Crippen LogP contribution in [-0.2, 0) is 0 Å². The Hall–Kier alpha value is -2.10. The number of hydrogen-bond donors (Lipinski definition) is 2. The Morgan fingerprint density at radius 3 is 2.74 bits per heavy atom. The SMILES string of the molecule is Cc1cccc(-c2c(O)nc(C3CCC3)[nH]c2=O)c1. The third-order valence-electron chi connectivity index (χ3n) is 3.72. The van der Waals surface area contributed by atoms with Gasteiger partial charge in [-0.3, -0.25) is 4.79 Å². The Labute approximate surface area is 111 Å². The number of aromatic amines is 1. The van der Waals surface area contributed by atoms with E-state index >= 15 is 0 Å². The number of aromatic nitrogens is 2. The summed E-state index contributed by atoms with van der Waals surface area (Å²) in [7, 11) is 0. The van der Waals surface area contributed by atoms with Crippen molar-refractivity contribution in [2.75, 3.05) is 0 Å². The van der Waals surface area contributed by atoms with Crippen molar-refractivity contribution in [1.82, 2.24) is 9.97 Å². The second kappa shape index (κ2) is 4.53. The maximum absolute atomic E-state index is 12.2. The van der Waals surface area contributed by atoms with Crippen LogP contribution in [0.5, 0.6) is 5.88 Å². The number of aromatic hydroxyl groups is 1. The summed E-state index contributed by atoms with van der Waals surface area (Å²) in [6.07, 6.45) is 3.23. The fraction of sp³-hybridized carbons (Fsp3) is 0.333. The maximum atomic E-state index is 12.2. The first-order valence-corrected chi connectivity index (χ1v) is 6.55. The molecule has 2 N–H and O–H groups in total. The van der Waals surface area contributed by atoms with Crippen LogP contribution in [0.25, 0.3) is 11.1 Å². The van der Waals surface area contributed by atoms with E-state index in [-0.39, 0.29) is 17.0 Å². The smallest absolute Gasteiger partial charge is 0.262 e. The van der Waals surface area contributed by atoms with Gasteiger partial charge in [-0.1, -0.05) is 36.2 Å². The van der Waals surface area contributed by atoms with Gasteiger partial charge in [-0.25, -0.2) is 0 Å². The van der Waals surface area contributed by atoms with Gasteiger partial charge in [0.15, 0.2) is 0 Å². The number of hydrogen-bond acceptors (Lipinski definition) is 3. The molecule has 98 valence electrons. The Balaban J connectivity index is 2.09. The number of nitrogens with one attached hydrogen (secondary N) is 1. The van der Waals surface area contributed by atoms with E-state index in [0.717, 1.165) is 24.8 Å². The molecule has 1 aliphatic carbocycles. The molecule has 1 aromatic carbocycles. The van der Waals surface area contributed by atoms with Crippen molar-refractivity contribution >= 4 is 0 Å². The highest BCUT2D eigenvalue weighted by molar-refractivity contribution is 5.67. The molecule has 0 aliphatic heterocycles. The highest BCUT2D eigenvalue weighted by atomic mass is 16.3. The first kappa shape index (κ1) is 12.0. The van der Waals surface area contributed by atoms with Crippen molar-refractivity contribution in [1.29, 1.82) is 0 Å². The van der Waals surface area contributed by atoms with Crippen molar-refractivity contribution in [3.8, 4) is 17.0 Å². The van der Waals surface area contributed by atoms with Crippen molar-refractivity contribution in [3.63, 3.8) is 0 Å². The number of rotatable bonds is 2. The summed E-state index contributed by atoms with van der Waals surface area (Å²) < 4.78 is 0. The first-order valence-electron chi connectivity index (χ1n) is 6.55. The zero-order valence-corrected chi connectivity index (χ0v) is 10.8. The van der Waals surface area contributed by atoms with Crippen molar-refractivity contribution in [3.05, 3.63) is 46.0 Å². The van der Waals surface area contributed by atoms with Crippen molar-refractivity contribution in [2.24, 2.45) is 0 Å². The van der Waals surface area contributed by atoms with E-state index in [1.165, 1.54) is 0 Å². The molecule has 0 unspecified atom stereocenters. The molecule has 1 saturated carbocycles. The second-order valence-electron chi connectivity index (χ2n) is 5.15. The molecule has 3 rings (SSSR count). The van der Waals surface area contributed by atoms with Gasteiger partial charge in [0.1, 0.15) is 11.4 Å². The van der Waals surface area contributed by atoms with Crippen LogP contribution in [-0.4, -0.2) is 15.1 Å². The van der Waals surface area contributed by atoms with E-state index in [4.69, 9.17) is 0 Å². The van der Waals surface area contributed by atoms with Gasteiger partial charge < -0.3 is 10.1 Å². The maximum Gasteiger partial charge on any atom is 0.262 e. The Morgan fingerprint density at radius 1 is 1.37 bits per heavy atom. The van der Waals surface area contributed by atoms with E-state index in [1.54, 1.807) is 0 Å². The van der Waals surface area contributed by atoms with Gasteiger partial charge in [0.25, 0.3) is 5.56 Å². The highest BCUT2D eigenvalue weighted by Crippen LogP contribution is 2.35. The lowest BCUT2D eigenvalue weighted by Gasteiger charge is -2.24. The van der Waals surface area contributed by atoms with E-state index in [1.807, 2.05) is 31.2 Å². The molecule has 0 amide bonds. The molecule has 1 fully saturated rings. The van der Waals surface area contributed by atoms with Gasteiger partial charge >= 0.3 is 0 Å². The van der Waals surface area contributed by atoms with Gasteiger partial charge in [-0.05, 0) is 25.3 Å². The predicted octanol–water partition coefficient (Wildman–Crippen LogP) is 2.72. The summed E-state index contributed by atoms with van der Waals surface area (Å²) in [5.74, 6) is 0.742. The monoisotopic (exact) mass is 256 g/mol. The molecule has 1 heterocycles. The largest absolute Gasteiger partial charge is 0.493 e. The summed E-state index contributed by atoms with van der Waals surface area (Å²) in [4.78, 5) is 19.1. The average Bonchev–Trinajstić information content (AvgIpc) is 2.25. The van der Waals surface area contributed by atoms with Crippen LogP contribution in [0.1, 0.15) is 36.6 Å². The quantitative estimate of drug-likeness (QED) is 0.868. The molecule has 1 aromatic heterocycles. The summed E-state index contributed by atoms with van der Waals surface area (Å²) >= 11 is 0. The fourth-order valence-corrected chi connectivity index (χ4v) is 2.41. The van der Waals surface area contributed by atoms with Gasteiger partial charge in [-0.2, -0.15) is 4.98 Å². The van der Waals surface area contributed by atoms with E-state index < -0.39 is 0 Å². The molecule has 1 aliphatic rings. The summed E-state index contributed by atoms with van der Waals surface area (Å²) in [5.41, 5.74) is 1.73. The normalized spacial score (nSPS) is 15.2. The van der Waals surface area contributed by atoms with Crippen LogP contribution >= 0.6 is 0 Å². The highest BCUT2D eigenvalue weighted by Gasteiger charge is 2.24. The van der Waals surface area contributed by atoms with Crippen LogP contribution in [0.3, 0.4) is 0 Å². The lowest BCUT2D eigenvalue weighted by Crippen LogP contribution is -2.20. The lowest BCUT2D eigenvalue weighted by molar-refractivity contribution is 0.387. The van der Waals surface area contributed by atoms with Crippen molar-refractivity contribution < 1.29 is 5.11 Å².